The maximum absolute atomic E-state index is 12.3. The van der Waals surface area contributed by atoms with Gasteiger partial charge in [-0.25, -0.2) is 9.97 Å². The fraction of sp³-hybridized carbons (Fsp3) is 0.211. The van der Waals surface area contributed by atoms with Crippen molar-refractivity contribution >= 4 is 17.4 Å². The van der Waals surface area contributed by atoms with Crippen molar-refractivity contribution in [2.24, 2.45) is 0 Å². The molecule has 2 heterocycles. The van der Waals surface area contributed by atoms with Gasteiger partial charge in [0, 0.05) is 37.4 Å². The minimum Gasteiger partial charge on any atom is -0.363 e. The number of amides is 1. The molecule has 0 fully saturated rings. The summed E-state index contributed by atoms with van der Waals surface area (Å²) in [7, 11) is 3.82. The van der Waals surface area contributed by atoms with Gasteiger partial charge in [0.1, 0.15) is 5.82 Å². The van der Waals surface area contributed by atoms with Gasteiger partial charge in [-0.05, 0) is 50.2 Å². The van der Waals surface area contributed by atoms with Crippen molar-refractivity contribution in [1.82, 2.24) is 14.5 Å². The second-order valence-electron chi connectivity index (χ2n) is 6.09. The number of nitrogens with one attached hydrogen (secondary N) is 1. The number of nitrogens with zero attached hydrogens (tertiary/aromatic N) is 4. The fourth-order valence-corrected chi connectivity index (χ4v) is 2.45. The van der Waals surface area contributed by atoms with Gasteiger partial charge in [0.25, 0.3) is 5.91 Å². The average molecular weight is 335 g/mol. The standard InChI is InChI=1S/C19H21N5O/c1-13-14(2)24(12-21-13)17-8-6-16(7-9-17)22-19(25)15-5-10-18(20-11-15)23(3)4/h5-12H,1-4H3,(H,22,25). The molecule has 0 aliphatic rings. The van der Waals surface area contributed by atoms with Gasteiger partial charge in [-0.1, -0.05) is 0 Å². The molecule has 1 amide bonds. The first kappa shape index (κ1) is 16.7. The number of rotatable bonds is 4. The van der Waals surface area contributed by atoms with Gasteiger partial charge in [0.05, 0.1) is 17.6 Å². The monoisotopic (exact) mass is 335 g/mol. The lowest BCUT2D eigenvalue weighted by atomic mass is 10.2. The van der Waals surface area contributed by atoms with E-state index < -0.39 is 0 Å². The molecule has 128 valence electrons. The normalized spacial score (nSPS) is 10.6. The maximum atomic E-state index is 12.3. The van der Waals surface area contributed by atoms with Crippen molar-refractivity contribution in [3.05, 3.63) is 65.9 Å². The minimum absolute atomic E-state index is 0.180. The molecule has 0 unspecified atom stereocenters. The second kappa shape index (κ2) is 6.76. The van der Waals surface area contributed by atoms with Gasteiger partial charge >= 0.3 is 0 Å². The molecule has 0 bridgehead atoms. The van der Waals surface area contributed by atoms with Crippen LogP contribution >= 0.6 is 0 Å². The van der Waals surface area contributed by atoms with E-state index in [9.17, 15) is 4.79 Å². The number of pyridine rings is 1. The maximum Gasteiger partial charge on any atom is 0.257 e. The Balaban J connectivity index is 1.72. The molecule has 0 radical (unpaired) electrons. The Morgan fingerprint density at radius 3 is 2.28 bits per heavy atom. The molecule has 6 heteroatoms. The lowest BCUT2D eigenvalue weighted by molar-refractivity contribution is 0.102. The zero-order valence-electron chi connectivity index (χ0n) is 14.8. The van der Waals surface area contributed by atoms with Crippen LogP contribution < -0.4 is 10.2 Å². The third kappa shape index (κ3) is 3.52. The Morgan fingerprint density at radius 1 is 1.04 bits per heavy atom. The Bertz CT molecular complexity index is 879. The first-order valence-electron chi connectivity index (χ1n) is 8.01. The van der Waals surface area contributed by atoms with Crippen LogP contribution in [0.1, 0.15) is 21.7 Å². The summed E-state index contributed by atoms with van der Waals surface area (Å²) in [6, 6.07) is 11.3. The van der Waals surface area contributed by atoms with Crippen LogP contribution in [0.15, 0.2) is 48.9 Å². The van der Waals surface area contributed by atoms with Crippen molar-refractivity contribution in [3.63, 3.8) is 0 Å². The van der Waals surface area contributed by atoms with Crippen LogP contribution in [-0.2, 0) is 0 Å². The Labute approximate surface area is 147 Å². The van der Waals surface area contributed by atoms with Crippen molar-refractivity contribution in [1.29, 1.82) is 0 Å². The topological polar surface area (TPSA) is 63.1 Å². The van der Waals surface area contributed by atoms with E-state index in [-0.39, 0.29) is 5.91 Å². The molecule has 2 aromatic heterocycles. The molecule has 6 nitrogen and oxygen atoms in total. The molecule has 0 aliphatic carbocycles. The van der Waals surface area contributed by atoms with E-state index in [4.69, 9.17) is 0 Å². The van der Waals surface area contributed by atoms with E-state index in [0.29, 0.717) is 5.56 Å². The average Bonchev–Trinajstić information content (AvgIpc) is 2.95. The highest BCUT2D eigenvalue weighted by atomic mass is 16.1. The molecule has 0 saturated carbocycles. The molecule has 0 saturated heterocycles. The summed E-state index contributed by atoms with van der Waals surface area (Å²) in [5.74, 6) is 0.632. The highest BCUT2D eigenvalue weighted by molar-refractivity contribution is 6.04. The molecule has 1 aromatic carbocycles. The predicted octanol–water partition coefficient (Wildman–Crippen LogP) is 3.20. The van der Waals surface area contributed by atoms with Crippen molar-refractivity contribution in [2.75, 3.05) is 24.3 Å². The Hall–Kier alpha value is -3.15. The largest absolute Gasteiger partial charge is 0.363 e. The number of hydrogen-bond acceptors (Lipinski definition) is 4. The van der Waals surface area contributed by atoms with Gasteiger partial charge < -0.3 is 14.8 Å². The quantitative estimate of drug-likeness (QED) is 0.795. The third-order valence-electron chi connectivity index (χ3n) is 4.12. The Kier molecular flexibility index (Phi) is 4.52. The third-order valence-corrected chi connectivity index (χ3v) is 4.12. The summed E-state index contributed by atoms with van der Waals surface area (Å²) in [6.45, 7) is 4.01. The minimum atomic E-state index is -0.180. The SMILES string of the molecule is Cc1ncn(-c2ccc(NC(=O)c3ccc(N(C)C)nc3)cc2)c1C. The number of aromatic nitrogens is 3. The van der Waals surface area contributed by atoms with Crippen LogP contribution in [-0.4, -0.2) is 34.5 Å². The van der Waals surface area contributed by atoms with Crippen LogP contribution in [0.3, 0.4) is 0 Å². The highest BCUT2D eigenvalue weighted by Gasteiger charge is 2.08. The first-order chi connectivity index (χ1) is 12.0. The Morgan fingerprint density at radius 2 is 1.76 bits per heavy atom. The number of anilines is 2. The summed E-state index contributed by atoms with van der Waals surface area (Å²) in [4.78, 5) is 22.8. The van der Waals surface area contributed by atoms with Gasteiger partial charge in [0.15, 0.2) is 0 Å². The summed E-state index contributed by atoms with van der Waals surface area (Å²) in [6.07, 6.45) is 3.38. The zero-order valence-corrected chi connectivity index (χ0v) is 14.8. The zero-order chi connectivity index (χ0) is 18.0. The van der Waals surface area contributed by atoms with Crippen molar-refractivity contribution in [2.45, 2.75) is 13.8 Å². The van der Waals surface area contributed by atoms with Crippen LogP contribution in [0.4, 0.5) is 11.5 Å². The van der Waals surface area contributed by atoms with E-state index in [1.807, 2.05) is 67.7 Å². The van der Waals surface area contributed by atoms with Crippen molar-refractivity contribution < 1.29 is 4.79 Å². The number of carbonyl (C=O) groups is 1. The van der Waals surface area contributed by atoms with Crippen LogP contribution in [0.25, 0.3) is 5.69 Å². The summed E-state index contributed by atoms with van der Waals surface area (Å²) < 4.78 is 2.02. The van der Waals surface area contributed by atoms with Crippen LogP contribution in [0.5, 0.6) is 0 Å². The van der Waals surface area contributed by atoms with E-state index in [2.05, 4.69) is 15.3 Å². The van der Waals surface area contributed by atoms with Crippen LogP contribution in [0.2, 0.25) is 0 Å². The molecule has 1 N–H and O–H groups in total. The molecule has 0 spiro atoms. The fourth-order valence-electron chi connectivity index (χ4n) is 2.45. The second-order valence-corrected chi connectivity index (χ2v) is 6.09. The molecule has 0 atom stereocenters. The smallest absolute Gasteiger partial charge is 0.257 e. The summed E-state index contributed by atoms with van der Waals surface area (Å²) >= 11 is 0. The highest BCUT2D eigenvalue weighted by Crippen LogP contribution is 2.17. The number of imidazole rings is 1. The van der Waals surface area contributed by atoms with E-state index in [1.165, 1.54) is 0 Å². The number of carbonyl (C=O) groups excluding carboxylic acids is 1. The van der Waals surface area contributed by atoms with Gasteiger partial charge in [-0.2, -0.15) is 0 Å². The van der Waals surface area contributed by atoms with Gasteiger partial charge in [-0.3, -0.25) is 4.79 Å². The first-order valence-corrected chi connectivity index (χ1v) is 8.01. The molecular weight excluding hydrogens is 314 g/mol. The van der Waals surface area contributed by atoms with Crippen LogP contribution in [0, 0.1) is 13.8 Å². The van der Waals surface area contributed by atoms with E-state index in [1.54, 1.807) is 18.6 Å². The molecule has 3 rings (SSSR count). The van der Waals surface area contributed by atoms with E-state index >= 15 is 0 Å². The number of aryl methyl sites for hydroxylation is 1. The lowest BCUT2D eigenvalue weighted by Crippen LogP contribution is -2.14. The van der Waals surface area contributed by atoms with Gasteiger partial charge in [0.2, 0.25) is 0 Å². The summed E-state index contributed by atoms with van der Waals surface area (Å²) in [5.41, 5.74) is 4.37. The number of hydrogen-bond donors (Lipinski definition) is 1. The summed E-state index contributed by atoms with van der Waals surface area (Å²) in [5, 5.41) is 2.89. The molecule has 0 aliphatic heterocycles. The van der Waals surface area contributed by atoms with Gasteiger partial charge in [-0.15, -0.1) is 0 Å². The van der Waals surface area contributed by atoms with Crippen molar-refractivity contribution in [3.8, 4) is 5.69 Å². The van der Waals surface area contributed by atoms with E-state index in [0.717, 1.165) is 28.6 Å². The number of benzene rings is 1. The molecular formula is C19H21N5O. The lowest BCUT2D eigenvalue weighted by Gasteiger charge is -2.11. The molecule has 3 aromatic rings. The predicted molar refractivity (Wildman–Crippen MR) is 99.6 cm³/mol. The molecule has 25 heavy (non-hydrogen) atoms.